The van der Waals surface area contributed by atoms with Gasteiger partial charge in [-0.05, 0) is 0 Å². The fourth-order valence-corrected chi connectivity index (χ4v) is 0. The minimum Gasteiger partial charge on any atom is -1.00 e. The Morgan fingerprint density at radius 3 is 2.17 bits per heavy atom. The van der Waals surface area contributed by atoms with E-state index in [2.05, 4.69) is 11.6 Å². The van der Waals surface area contributed by atoms with Gasteiger partial charge >= 0.3 is 29.6 Å². The van der Waals surface area contributed by atoms with Gasteiger partial charge in [-0.15, -0.1) is 0 Å². The van der Waals surface area contributed by atoms with E-state index in [9.17, 15) is 4.39 Å². The Bertz CT molecular complexity index is 44.7. The molecular weight excluding hydrogens is 117 g/mol. The van der Waals surface area contributed by atoms with Crippen molar-refractivity contribution in [2.45, 2.75) is 5.63 Å². The van der Waals surface area contributed by atoms with Crippen LogP contribution in [-0.4, -0.2) is 11.9 Å². The van der Waals surface area contributed by atoms with Gasteiger partial charge in [-0.2, -0.15) is 0 Å². The predicted octanol–water partition coefficient (Wildman–Crippen LogP) is -2.16. The van der Waals surface area contributed by atoms with Crippen LogP contribution in [0.1, 0.15) is 1.43 Å². The Hall–Kier alpha value is 0.890. The average Bonchev–Trinajstić information content (AvgIpc) is 1.38. The second-order valence-electron chi connectivity index (χ2n) is 0.471. The molecule has 0 amide bonds. The zero-order valence-electron chi connectivity index (χ0n) is 4.32. The van der Waals surface area contributed by atoms with Crippen LogP contribution in [0.15, 0.2) is 0 Å². The van der Waals surface area contributed by atoms with Crippen molar-refractivity contribution in [3.63, 3.8) is 0 Å². The van der Waals surface area contributed by atoms with Crippen molar-refractivity contribution in [3.05, 3.63) is 0 Å². The third-order valence-corrected chi connectivity index (χ3v) is 0.206. The van der Waals surface area contributed by atoms with E-state index in [-0.39, 0.29) is 37.3 Å². The van der Waals surface area contributed by atoms with Crippen molar-refractivity contribution in [3.8, 4) is 0 Å². The number of hydrogen-bond donors (Lipinski definition) is 0. The summed E-state index contributed by atoms with van der Waals surface area (Å²) in [5.41, 5.74) is -1.82. The molecule has 4 heteroatoms. The summed E-state index contributed by atoms with van der Waals surface area (Å²) in [4.78, 5) is 9.00. The SMILES string of the molecule is O=CC(F)Cl.[H-].[Na+]. The molecule has 0 aromatic carbocycles. The predicted molar refractivity (Wildman–Crippen MR) is 17.9 cm³/mol. The van der Waals surface area contributed by atoms with E-state index in [1.807, 2.05) is 0 Å². The van der Waals surface area contributed by atoms with Crippen LogP contribution in [-0.2, 0) is 4.79 Å². The van der Waals surface area contributed by atoms with Crippen molar-refractivity contribution in [1.29, 1.82) is 0 Å². The van der Waals surface area contributed by atoms with Crippen molar-refractivity contribution < 1.29 is 40.2 Å². The number of carbonyl (C=O) groups is 1. The number of alkyl halides is 2. The fraction of sp³-hybridized carbons (Fsp3) is 0.500. The third-order valence-electron chi connectivity index (χ3n) is 0.103. The number of carbonyl (C=O) groups excluding carboxylic acids is 1. The number of hydrogen-bond acceptors (Lipinski definition) is 1. The molecule has 0 aliphatic rings. The van der Waals surface area contributed by atoms with Gasteiger partial charge in [-0.3, -0.25) is 4.79 Å². The molecule has 0 radical (unpaired) electrons. The first-order valence-corrected chi connectivity index (χ1v) is 1.44. The van der Waals surface area contributed by atoms with Crippen LogP contribution in [0.25, 0.3) is 0 Å². The zero-order valence-corrected chi connectivity index (χ0v) is 6.07. The Morgan fingerprint density at radius 1 is 2.00 bits per heavy atom. The second kappa shape index (κ2) is 5.89. The molecule has 0 aliphatic carbocycles. The average molecular weight is 120 g/mol. The van der Waals surface area contributed by atoms with Gasteiger partial charge in [-0.25, -0.2) is 4.39 Å². The number of aldehydes is 1. The number of rotatable bonds is 1. The molecule has 1 nitrogen and oxygen atoms in total. The van der Waals surface area contributed by atoms with Gasteiger partial charge in [-0.1, -0.05) is 11.6 Å². The largest absolute Gasteiger partial charge is 1.00 e. The summed E-state index contributed by atoms with van der Waals surface area (Å²) < 4.78 is 10.8. The van der Waals surface area contributed by atoms with Crippen LogP contribution in [0.4, 0.5) is 4.39 Å². The van der Waals surface area contributed by atoms with Crippen LogP contribution in [0.5, 0.6) is 0 Å². The molecule has 0 aromatic heterocycles. The Balaban J connectivity index is -0.0000000800. The molecule has 0 bridgehead atoms. The molecule has 0 spiro atoms. The van der Waals surface area contributed by atoms with Crippen molar-refractivity contribution >= 4 is 17.9 Å². The van der Waals surface area contributed by atoms with Crippen molar-refractivity contribution in [2.75, 3.05) is 0 Å². The van der Waals surface area contributed by atoms with E-state index in [1.165, 1.54) is 0 Å². The second-order valence-corrected chi connectivity index (χ2v) is 0.887. The molecule has 1 unspecified atom stereocenters. The first kappa shape index (κ1) is 10.00. The van der Waals surface area contributed by atoms with E-state index in [0.717, 1.165) is 0 Å². The topological polar surface area (TPSA) is 17.1 Å². The smallest absolute Gasteiger partial charge is 1.00 e. The number of halogens is 2. The molecule has 0 rings (SSSR count). The molecule has 0 N–H and O–H groups in total. The van der Waals surface area contributed by atoms with Crippen molar-refractivity contribution in [2.24, 2.45) is 0 Å². The molecule has 0 saturated heterocycles. The molecule has 1 atom stereocenters. The minimum atomic E-state index is -1.82. The minimum absolute atomic E-state index is 0. The zero-order chi connectivity index (χ0) is 4.28. The molecular formula is C2H3ClFNaO. The van der Waals surface area contributed by atoms with Gasteiger partial charge < -0.3 is 1.43 Å². The molecule has 0 fully saturated rings. The van der Waals surface area contributed by atoms with Crippen LogP contribution >= 0.6 is 11.6 Å². The van der Waals surface area contributed by atoms with Crippen LogP contribution in [0.2, 0.25) is 0 Å². The summed E-state index contributed by atoms with van der Waals surface area (Å²) in [5, 5.41) is 0. The van der Waals surface area contributed by atoms with Gasteiger partial charge in [0, 0.05) is 0 Å². The van der Waals surface area contributed by atoms with E-state index < -0.39 is 5.63 Å². The maximum Gasteiger partial charge on any atom is 1.00 e. The summed E-state index contributed by atoms with van der Waals surface area (Å²) in [6, 6.07) is 0. The molecule has 0 aliphatic heterocycles. The molecule has 0 aromatic rings. The maximum atomic E-state index is 10.8. The van der Waals surface area contributed by atoms with Gasteiger partial charge in [0.2, 0.25) is 5.63 Å². The van der Waals surface area contributed by atoms with Gasteiger partial charge in [0.1, 0.15) is 0 Å². The van der Waals surface area contributed by atoms with E-state index in [0.29, 0.717) is 0 Å². The standard InChI is InChI=1S/C2H2ClFO.Na.H/c3-2(4)1-5;;/h1-2H;;/q;+1;-1. The maximum absolute atomic E-state index is 10.8. The molecule has 0 heterocycles. The van der Waals surface area contributed by atoms with Crippen LogP contribution < -0.4 is 29.6 Å². The first-order chi connectivity index (χ1) is 2.27. The summed E-state index contributed by atoms with van der Waals surface area (Å²) in [6.07, 6.45) is 0.0154. The van der Waals surface area contributed by atoms with Crippen molar-refractivity contribution in [1.82, 2.24) is 0 Å². The van der Waals surface area contributed by atoms with E-state index in [4.69, 9.17) is 4.79 Å². The quantitative estimate of drug-likeness (QED) is 0.219. The Morgan fingerprint density at radius 2 is 2.17 bits per heavy atom. The van der Waals surface area contributed by atoms with Gasteiger partial charge in [0.15, 0.2) is 6.29 Å². The van der Waals surface area contributed by atoms with E-state index >= 15 is 0 Å². The summed E-state index contributed by atoms with van der Waals surface area (Å²) >= 11 is 4.43. The van der Waals surface area contributed by atoms with Gasteiger partial charge in [0.25, 0.3) is 0 Å². The van der Waals surface area contributed by atoms with E-state index in [1.54, 1.807) is 0 Å². The summed E-state index contributed by atoms with van der Waals surface area (Å²) in [6.45, 7) is 0. The monoisotopic (exact) mass is 120 g/mol. The fourth-order valence-electron chi connectivity index (χ4n) is 0. The summed E-state index contributed by atoms with van der Waals surface area (Å²) in [5.74, 6) is 0. The summed E-state index contributed by atoms with van der Waals surface area (Å²) in [7, 11) is 0. The Kier molecular flexibility index (Phi) is 9.81. The van der Waals surface area contributed by atoms with Gasteiger partial charge in [0.05, 0.1) is 0 Å². The Labute approximate surface area is 63.6 Å². The third kappa shape index (κ3) is 8.86. The molecule has 32 valence electrons. The molecule has 6 heavy (non-hydrogen) atoms. The molecule has 0 saturated carbocycles. The van der Waals surface area contributed by atoms with Crippen LogP contribution in [0.3, 0.4) is 0 Å². The normalized spacial score (nSPS) is 11.7. The van der Waals surface area contributed by atoms with Crippen LogP contribution in [0, 0.1) is 0 Å². The first-order valence-electron chi connectivity index (χ1n) is 1.01.